The molecular weight excluding hydrogens is 350 g/mol. The number of hydrogen-bond acceptors (Lipinski definition) is 5. The second-order valence-electron chi connectivity index (χ2n) is 5.24. The van der Waals surface area contributed by atoms with Crippen molar-refractivity contribution in [2.45, 2.75) is 5.75 Å². The van der Waals surface area contributed by atoms with E-state index in [1.54, 1.807) is 23.9 Å². The molecule has 0 radical (unpaired) electrons. The summed E-state index contributed by atoms with van der Waals surface area (Å²) in [6.07, 6.45) is 3.50. The smallest absolute Gasteiger partial charge is 0.244 e. The summed E-state index contributed by atoms with van der Waals surface area (Å²) >= 11 is 2.78. The van der Waals surface area contributed by atoms with Gasteiger partial charge in [-0.05, 0) is 41.1 Å². The van der Waals surface area contributed by atoms with E-state index in [1.807, 2.05) is 42.5 Å². The van der Waals surface area contributed by atoms with Gasteiger partial charge in [0.2, 0.25) is 5.12 Å². The third kappa shape index (κ3) is 5.11. The number of carbonyl (C=O) groups excluding carboxylic acids is 1. The summed E-state index contributed by atoms with van der Waals surface area (Å²) in [5, 5.41) is -0.0204. The van der Waals surface area contributed by atoms with Gasteiger partial charge in [0, 0.05) is 5.75 Å². The van der Waals surface area contributed by atoms with Crippen LogP contribution in [-0.4, -0.2) is 16.1 Å². The van der Waals surface area contributed by atoms with Crippen LogP contribution in [0.25, 0.3) is 6.08 Å². The second-order valence-corrected chi connectivity index (χ2v) is 7.43. The maximum absolute atomic E-state index is 12.2. The minimum atomic E-state index is -0.0204. The molecule has 0 saturated carbocycles. The van der Waals surface area contributed by atoms with Gasteiger partial charge >= 0.3 is 0 Å². The Balaban J connectivity index is 1.69. The summed E-state index contributed by atoms with van der Waals surface area (Å²) in [6, 6.07) is 17.7. The highest BCUT2D eigenvalue weighted by atomic mass is 32.2. The minimum absolute atomic E-state index is 0.0204. The van der Waals surface area contributed by atoms with Gasteiger partial charge in [-0.15, -0.1) is 0 Å². The van der Waals surface area contributed by atoms with Crippen LogP contribution in [0.3, 0.4) is 0 Å². The van der Waals surface area contributed by atoms with E-state index in [-0.39, 0.29) is 5.12 Å². The number of hydrogen-bond donors (Lipinski definition) is 0. The number of rotatable bonds is 6. The first-order valence-corrected chi connectivity index (χ1v) is 9.58. The van der Waals surface area contributed by atoms with E-state index in [4.69, 9.17) is 4.74 Å². The molecule has 0 fully saturated rings. The van der Waals surface area contributed by atoms with E-state index in [0.29, 0.717) is 12.3 Å². The van der Waals surface area contributed by atoms with Gasteiger partial charge in [-0.1, -0.05) is 66.9 Å². The molecule has 3 rings (SSSR count). The lowest BCUT2D eigenvalue weighted by Crippen LogP contribution is -1.93. The third-order valence-electron chi connectivity index (χ3n) is 3.34. The third-order valence-corrected chi connectivity index (χ3v) is 5.42. The Hall–Kier alpha value is -2.24. The second kappa shape index (κ2) is 8.74. The van der Waals surface area contributed by atoms with Crippen molar-refractivity contribution >= 4 is 39.1 Å². The van der Waals surface area contributed by atoms with Gasteiger partial charge in [0.1, 0.15) is 22.4 Å². The molecule has 0 atom stereocenters. The molecule has 1 aliphatic heterocycles. The molecule has 0 bridgehead atoms. The van der Waals surface area contributed by atoms with Gasteiger partial charge in [-0.2, -0.15) is 0 Å². The number of benzene rings is 2. The Morgan fingerprint density at radius 2 is 2.00 bits per heavy atom. The summed E-state index contributed by atoms with van der Waals surface area (Å²) in [5.41, 5.74) is 2.58. The van der Waals surface area contributed by atoms with E-state index >= 15 is 0 Å². The van der Waals surface area contributed by atoms with Crippen LogP contribution in [0.5, 0.6) is 5.75 Å². The average molecular weight is 367 g/mol. The highest BCUT2D eigenvalue weighted by molar-refractivity contribution is 8.45. The van der Waals surface area contributed by atoms with Crippen LogP contribution in [0.15, 0.2) is 77.9 Å². The molecule has 3 nitrogen and oxygen atoms in total. The Morgan fingerprint density at radius 3 is 2.80 bits per heavy atom. The zero-order chi connectivity index (χ0) is 17.5. The quantitative estimate of drug-likeness (QED) is 0.522. The number of aliphatic imine (C=N–C) groups is 1. The summed E-state index contributed by atoms with van der Waals surface area (Å²) in [6.45, 7) is 4.09. The monoisotopic (exact) mass is 367 g/mol. The van der Waals surface area contributed by atoms with E-state index in [0.717, 1.165) is 21.4 Å². The first-order valence-electron chi connectivity index (χ1n) is 7.77. The van der Waals surface area contributed by atoms with Crippen LogP contribution < -0.4 is 4.74 Å². The van der Waals surface area contributed by atoms with Gasteiger partial charge in [0.25, 0.3) is 0 Å². The fourth-order valence-corrected chi connectivity index (χ4v) is 3.97. The molecule has 2 aromatic rings. The summed E-state index contributed by atoms with van der Waals surface area (Å²) in [7, 11) is 0. The van der Waals surface area contributed by atoms with Crippen LogP contribution in [0.4, 0.5) is 0 Å². The van der Waals surface area contributed by atoms with Gasteiger partial charge in [0.05, 0.1) is 0 Å². The molecule has 126 valence electrons. The van der Waals surface area contributed by atoms with Gasteiger partial charge in [0.15, 0.2) is 0 Å². The Morgan fingerprint density at radius 1 is 1.16 bits per heavy atom. The average Bonchev–Trinajstić information content (AvgIpc) is 2.99. The number of nitrogens with zero attached hydrogens (tertiary/aromatic N) is 1. The molecule has 0 unspecified atom stereocenters. The molecule has 0 aliphatic carbocycles. The molecule has 0 spiro atoms. The van der Waals surface area contributed by atoms with Crippen molar-refractivity contribution in [3.8, 4) is 5.75 Å². The van der Waals surface area contributed by atoms with Crippen LogP contribution in [0.2, 0.25) is 0 Å². The van der Waals surface area contributed by atoms with Gasteiger partial charge in [-0.25, -0.2) is 4.99 Å². The topological polar surface area (TPSA) is 38.7 Å². The van der Waals surface area contributed by atoms with Crippen LogP contribution in [0.1, 0.15) is 11.1 Å². The molecule has 0 saturated heterocycles. The zero-order valence-electron chi connectivity index (χ0n) is 13.6. The lowest BCUT2D eigenvalue weighted by atomic mass is 10.2. The van der Waals surface area contributed by atoms with Gasteiger partial charge < -0.3 is 4.74 Å². The van der Waals surface area contributed by atoms with E-state index < -0.39 is 0 Å². The number of ether oxygens (including phenoxy) is 1. The van der Waals surface area contributed by atoms with Crippen molar-refractivity contribution in [1.82, 2.24) is 0 Å². The molecule has 25 heavy (non-hydrogen) atoms. The van der Waals surface area contributed by atoms with Crippen molar-refractivity contribution in [1.29, 1.82) is 0 Å². The van der Waals surface area contributed by atoms with Crippen LogP contribution >= 0.6 is 23.5 Å². The van der Waals surface area contributed by atoms with E-state index in [9.17, 15) is 4.79 Å². The van der Waals surface area contributed by atoms with Crippen molar-refractivity contribution in [2.24, 2.45) is 4.99 Å². The lowest BCUT2D eigenvalue weighted by molar-refractivity contribution is -0.107. The van der Waals surface area contributed by atoms with E-state index in [2.05, 4.69) is 23.7 Å². The Labute approximate surface area is 155 Å². The molecule has 1 heterocycles. The Kier molecular flexibility index (Phi) is 6.14. The standard InChI is InChI=1S/C20H17NO2S2/c1-2-11-23-17-10-6-9-16(12-17)13-18-19(22)25-20(21-18)24-14-15-7-4-3-5-8-15/h2-10,12-13H,1,11,14H2. The van der Waals surface area contributed by atoms with Gasteiger partial charge in [-0.3, -0.25) is 4.79 Å². The fraction of sp³-hybridized carbons (Fsp3) is 0.100. The zero-order valence-corrected chi connectivity index (χ0v) is 15.2. The first kappa shape index (κ1) is 17.6. The molecule has 1 aliphatic rings. The molecule has 2 aromatic carbocycles. The van der Waals surface area contributed by atoms with Crippen molar-refractivity contribution in [3.63, 3.8) is 0 Å². The van der Waals surface area contributed by atoms with Crippen molar-refractivity contribution in [2.75, 3.05) is 6.61 Å². The van der Waals surface area contributed by atoms with Crippen LogP contribution in [0, 0.1) is 0 Å². The first-order chi connectivity index (χ1) is 12.2. The molecule has 5 heteroatoms. The minimum Gasteiger partial charge on any atom is -0.490 e. The summed E-state index contributed by atoms with van der Waals surface area (Å²) in [5.74, 6) is 1.55. The predicted molar refractivity (Wildman–Crippen MR) is 108 cm³/mol. The van der Waals surface area contributed by atoms with Crippen LogP contribution in [-0.2, 0) is 10.5 Å². The molecule has 0 aromatic heterocycles. The number of carbonyl (C=O) groups is 1. The highest BCUT2D eigenvalue weighted by Crippen LogP contribution is 2.32. The van der Waals surface area contributed by atoms with E-state index in [1.165, 1.54) is 17.3 Å². The molecule has 0 amide bonds. The van der Waals surface area contributed by atoms with Crippen molar-refractivity contribution in [3.05, 3.63) is 84.1 Å². The van der Waals surface area contributed by atoms with Crippen molar-refractivity contribution < 1.29 is 9.53 Å². The summed E-state index contributed by atoms with van der Waals surface area (Å²) < 4.78 is 6.31. The maximum Gasteiger partial charge on any atom is 0.244 e. The summed E-state index contributed by atoms with van der Waals surface area (Å²) in [4.78, 5) is 16.6. The number of thioether (sulfide) groups is 2. The fourth-order valence-electron chi connectivity index (χ4n) is 2.18. The lowest BCUT2D eigenvalue weighted by Gasteiger charge is -2.03. The highest BCUT2D eigenvalue weighted by Gasteiger charge is 2.22. The molecule has 0 N–H and O–H groups in total. The largest absolute Gasteiger partial charge is 0.490 e. The molecular formula is C20H17NO2S2. The Bertz CT molecular complexity index is 829. The SMILES string of the molecule is C=CCOc1cccc(C=C2N=C(SCc3ccccc3)SC2=O)c1. The normalized spacial score (nSPS) is 15.3. The predicted octanol–water partition coefficient (Wildman–Crippen LogP) is 5.16. The maximum atomic E-state index is 12.2.